The fraction of sp³-hybridized carbons (Fsp3) is 0.524. The normalized spacial score (nSPS) is 23.4. The van der Waals surface area contributed by atoms with Gasteiger partial charge in [-0.3, -0.25) is 9.59 Å². The molecule has 6 nitrogen and oxygen atoms in total. The zero-order valence-electron chi connectivity index (χ0n) is 15.7. The Balaban J connectivity index is 1.63. The second kappa shape index (κ2) is 7.35. The van der Waals surface area contributed by atoms with Crippen molar-refractivity contribution in [3.05, 3.63) is 41.2 Å². The molecule has 2 aliphatic heterocycles. The van der Waals surface area contributed by atoms with E-state index in [1.54, 1.807) is 12.0 Å². The lowest BCUT2D eigenvalue weighted by Gasteiger charge is -2.28. The molecule has 1 aliphatic carbocycles. The van der Waals surface area contributed by atoms with E-state index in [-0.39, 0.29) is 23.0 Å². The van der Waals surface area contributed by atoms with Gasteiger partial charge in [-0.15, -0.1) is 0 Å². The van der Waals surface area contributed by atoms with Crippen molar-refractivity contribution in [2.75, 3.05) is 33.3 Å². The highest BCUT2D eigenvalue weighted by Gasteiger charge is 2.46. The average molecular weight is 370 g/mol. The summed E-state index contributed by atoms with van der Waals surface area (Å²) in [6.07, 6.45) is 4.05. The number of carbonyl (C=O) groups is 2. The van der Waals surface area contributed by atoms with Crippen LogP contribution in [0.15, 0.2) is 35.6 Å². The van der Waals surface area contributed by atoms with Gasteiger partial charge >= 0.3 is 0 Å². The Morgan fingerprint density at radius 2 is 1.81 bits per heavy atom. The summed E-state index contributed by atoms with van der Waals surface area (Å²) in [5.41, 5.74) is 1.10. The van der Waals surface area contributed by atoms with Gasteiger partial charge in [0.15, 0.2) is 11.5 Å². The molecule has 0 spiro atoms. The van der Waals surface area contributed by atoms with Crippen LogP contribution < -0.4 is 4.74 Å². The minimum Gasteiger partial charge on any atom is -0.503 e. The number of nitrogens with zero attached hydrogens (tertiary/aromatic N) is 2. The van der Waals surface area contributed by atoms with Gasteiger partial charge in [-0.2, -0.15) is 0 Å². The second-order valence-corrected chi connectivity index (χ2v) is 7.62. The van der Waals surface area contributed by atoms with Gasteiger partial charge in [0.1, 0.15) is 5.75 Å². The van der Waals surface area contributed by atoms with Crippen LogP contribution >= 0.6 is 0 Å². The number of hydrogen-bond acceptors (Lipinski definition) is 5. The quantitative estimate of drug-likeness (QED) is 0.798. The molecule has 0 radical (unpaired) electrons. The van der Waals surface area contributed by atoms with Crippen molar-refractivity contribution in [1.29, 1.82) is 0 Å². The lowest BCUT2D eigenvalue weighted by molar-refractivity contribution is -0.129. The largest absolute Gasteiger partial charge is 0.503 e. The zero-order valence-corrected chi connectivity index (χ0v) is 15.7. The van der Waals surface area contributed by atoms with Crippen molar-refractivity contribution in [1.82, 2.24) is 9.80 Å². The molecule has 144 valence electrons. The highest BCUT2D eigenvalue weighted by Crippen LogP contribution is 2.43. The zero-order chi connectivity index (χ0) is 19.0. The standard InChI is InChI=1S/C21H26N2O4/c1-27-16-8-6-14(7-9-16)18-17(19(24)15-4-5-15)20(25)21(26)23(18)13-12-22-10-2-3-11-22/h6-9,15,18,25H,2-5,10-13H2,1H3. The second-order valence-electron chi connectivity index (χ2n) is 7.62. The van der Waals surface area contributed by atoms with Crippen LogP contribution in [0.3, 0.4) is 0 Å². The molecule has 1 atom stereocenters. The van der Waals surface area contributed by atoms with E-state index in [9.17, 15) is 14.7 Å². The summed E-state index contributed by atoms with van der Waals surface area (Å²) < 4.78 is 5.22. The van der Waals surface area contributed by atoms with E-state index in [0.717, 1.165) is 43.8 Å². The van der Waals surface area contributed by atoms with E-state index in [2.05, 4.69) is 4.90 Å². The number of aliphatic hydroxyl groups is 1. The maximum Gasteiger partial charge on any atom is 0.290 e. The van der Waals surface area contributed by atoms with Crippen molar-refractivity contribution in [3.8, 4) is 5.75 Å². The molecule has 1 saturated heterocycles. The van der Waals surface area contributed by atoms with E-state index in [4.69, 9.17) is 4.74 Å². The van der Waals surface area contributed by atoms with E-state index < -0.39 is 11.9 Å². The number of likely N-dealkylation sites (tertiary alicyclic amines) is 1. The molecule has 1 saturated carbocycles. The summed E-state index contributed by atoms with van der Waals surface area (Å²) >= 11 is 0. The van der Waals surface area contributed by atoms with Crippen LogP contribution in [0.4, 0.5) is 0 Å². The van der Waals surface area contributed by atoms with Gasteiger partial charge in [0.25, 0.3) is 5.91 Å². The van der Waals surface area contributed by atoms with Crippen molar-refractivity contribution in [3.63, 3.8) is 0 Å². The predicted octanol–water partition coefficient (Wildman–Crippen LogP) is 2.47. The van der Waals surface area contributed by atoms with Crippen molar-refractivity contribution in [2.45, 2.75) is 31.7 Å². The predicted molar refractivity (Wildman–Crippen MR) is 101 cm³/mol. The topological polar surface area (TPSA) is 70.1 Å². The fourth-order valence-electron chi connectivity index (χ4n) is 4.09. The molecule has 27 heavy (non-hydrogen) atoms. The lowest BCUT2D eigenvalue weighted by Crippen LogP contribution is -2.38. The van der Waals surface area contributed by atoms with E-state index >= 15 is 0 Å². The van der Waals surface area contributed by atoms with Gasteiger partial charge in [-0.05, 0) is 56.5 Å². The Kier molecular flexibility index (Phi) is 4.91. The molecular formula is C21H26N2O4. The van der Waals surface area contributed by atoms with E-state index in [1.165, 1.54) is 12.8 Å². The minimum absolute atomic E-state index is 0.0470. The molecule has 0 aromatic heterocycles. The maximum absolute atomic E-state index is 12.8. The molecule has 2 fully saturated rings. The maximum atomic E-state index is 12.8. The Morgan fingerprint density at radius 1 is 1.15 bits per heavy atom. The number of aliphatic hydroxyl groups excluding tert-OH is 1. The molecule has 2 heterocycles. The lowest BCUT2D eigenvalue weighted by atomic mass is 9.94. The molecule has 4 rings (SSSR count). The average Bonchev–Trinajstić information content (AvgIpc) is 3.36. The third-order valence-electron chi connectivity index (χ3n) is 5.80. The number of benzene rings is 1. The van der Waals surface area contributed by atoms with Gasteiger partial charge < -0.3 is 19.6 Å². The smallest absolute Gasteiger partial charge is 0.290 e. The van der Waals surface area contributed by atoms with E-state index in [0.29, 0.717) is 6.54 Å². The Hall–Kier alpha value is -2.34. The first-order valence-corrected chi connectivity index (χ1v) is 9.74. The van der Waals surface area contributed by atoms with E-state index in [1.807, 2.05) is 24.3 Å². The number of amides is 1. The number of ether oxygens (including phenoxy) is 1. The molecular weight excluding hydrogens is 344 g/mol. The summed E-state index contributed by atoms with van der Waals surface area (Å²) in [5, 5.41) is 10.5. The molecule has 3 aliphatic rings. The number of rotatable bonds is 7. The Labute approximate surface area is 159 Å². The molecule has 1 N–H and O–H groups in total. The van der Waals surface area contributed by atoms with Crippen molar-refractivity contribution in [2.24, 2.45) is 5.92 Å². The molecule has 6 heteroatoms. The first kappa shape index (κ1) is 18.0. The van der Waals surface area contributed by atoms with Crippen molar-refractivity contribution >= 4 is 11.7 Å². The SMILES string of the molecule is COc1ccc(C2C(C(=O)C3CC3)=C(O)C(=O)N2CCN2CCCC2)cc1. The van der Waals surface area contributed by atoms with Crippen LogP contribution in [0.5, 0.6) is 5.75 Å². The van der Waals surface area contributed by atoms with Crippen LogP contribution in [-0.2, 0) is 9.59 Å². The van der Waals surface area contributed by atoms with Crippen LogP contribution in [0.1, 0.15) is 37.3 Å². The monoisotopic (exact) mass is 370 g/mol. The van der Waals surface area contributed by atoms with Gasteiger partial charge in [-0.25, -0.2) is 0 Å². The summed E-state index contributed by atoms with van der Waals surface area (Å²) in [6, 6.07) is 6.89. The fourth-order valence-corrected chi connectivity index (χ4v) is 4.09. The molecule has 1 aromatic rings. The Morgan fingerprint density at radius 3 is 2.41 bits per heavy atom. The summed E-state index contributed by atoms with van der Waals surface area (Å²) in [4.78, 5) is 29.6. The van der Waals surface area contributed by atoms with Crippen LogP contribution in [0, 0.1) is 5.92 Å². The van der Waals surface area contributed by atoms with Gasteiger partial charge in [-0.1, -0.05) is 12.1 Å². The summed E-state index contributed by atoms with van der Waals surface area (Å²) in [5.74, 6) is -0.206. The third-order valence-corrected chi connectivity index (χ3v) is 5.80. The highest BCUT2D eigenvalue weighted by molar-refractivity contribution is 6.10. The number of carbonyl (C=O) groups excluding carboxylic acids is 2. The summed E-state index contributed by atoms with van der Waals surface area (Å²) in [6.45, 7) is 3.35. The Bertz CT molecular complexity index is 761. The third kappa shape index (κ3) is 3.46. The number of methoxy groups -OCH3 is 1. The van der Waals surface area contributed by atoms with Gasteiger partial charge in [0.2, 0.25) is 0 Å². The first-order chi connectivity index (χ1) is 13.1. The summed E-state index contributed by atoms with van der Waals surface area (Å²) in [7, 11) is 1.60. The van der Waals surface area contributed by atoms with Gasteiger partial charge in [0.05, 0.1) is 18.7 Å². The first-order valence-electron chi connectivity index (χ1n) is 9.74. The minimum atomic E-state index is -0.515. The molecule has 0 bridgehead atoms. The van der Waals surface area contributed by atoms with Gasteiger partial charge in [0, 0.05) is 19.0 Å². The molecule has 1 amide bonds. The van der Waals surface area contributed by atoms with Crippen LogP contribution in [0.25, 0.3) is 0 Å². The highest BCUT2D eigenvalue weighted by atomic mass is 16.5. The molecule has 1 unspecified atom stereocenters. The van der Waals surface area contributed by atoms with Crippen LogP contribution in [-0.4, -0.2) is 59.9 Å². The van der Waals surface area contributed by atoms with Crippen LogP contribution in [0.2, 0.25) is 0 Å². The molecule has 1 aromatic carbocycles. The van der Waals surface area contributed by atoms with Crippen molar-refractivity contribution < 1.29 is 19.4 Å². The number of ketones is 1. The number of Topliss-reactive ketones (excluding diaryl/α,β-unsaturated/α-hetero) is 1. The number of hydrogen-bond donors (Lipinski definition) is 1.